The summed E-state index contributed by atoms with van der Waals surface area (Å²) in [5, 5.41) is 5.19. The molecule has 26 heavy (non-hydrogen) atoms. The van der Waals surface area contributed by atoms with Crippen molar-refractivity contribution in [3.8, 4) is 0 Å². The van der Waals surface area contributed by atoms with Crippen molar-refractivity contribution in [1.82, 2.24) is 10.1 Å². The lowest BCUT2D eigenvalue weighted by atomic mass is 9.91. The van der Waals surface area contributed by atoms with E-state index in [1.54, 1.807) is 6.07 Å². The summed E-state index contributed by atoms with van der Waals surface area (Å²) in [6, 6.07) is 11.5. The largest absolute Gasteiger partial charge is 0.356 e. The van der Waals surface area contributed by atoms with Gasteiger partial charge in [0.2, 0.25) is 0 Å². The van der Waals surface area contributed by atoms with Gasteiger partial charge in [-0.3, -0.25) is 0 Å². The van der Waals surface area contributed by atoms with E-state index in [2.05, 4.69) is 40.4 Å². The molecule has 0 radical (unpaired) electrons. The van der Waals surface area contributed by atoms with Gasteiger partial charge >= 0.3 is 0 Å². The summed E-state index contributed by atoms with van der Waals surface area (Å²) in [5.41, 5.74) is 5.69. The highest BCUT2D eigenvalue weighted by atomic mass is 19.1. The van der Waals surface area contributed by atoms with E-state index in [9.17, 15) is 4.39 Å². The lowest BCUT2D eigenvalue weighted by Crippen LogP contribution is -2.34. The number of aromatic nitrogens is 1. The molecule has 0 atom stereocenters. The second-order valence-corrected chi connectivity index (χ2v) is 7.37. The summed E-state index contributed by atoms with van der Waals surface area (Å²) in [5.74, 6) is 0.126. The first-order valence-electron chi connectivity index (χ1n) is 9.34. The standard InChI is InChI=1S/C22H21FN2O/c23-19-5-6-20-21(14-19)26-24-22(20)17-8-11-25(12-9-17)10-7-15-1-2-16-3-4-18(16)13-15/h1-6,13-14,17H,7-12H2. The summed E-state index contributed by atoms with van der Waals surface area (Å²) in [6.07, 6.45) is 7.58. The van der Waals surface area contributed by atoms with Gasteiger partial charge in [-0.05, 0) is 61.2 Å². The maximum Gasteiger partial charge on any atom is 0.170 e. The second kappa shape index (κ2) is 6.36. The van der Waals surface area contributed by atoms with Crippen LogP contribution in [0, 0.1) is 5.82 Å². The van der Waals surface area contributed by atoms with E-state index in [0.717, 1.165) is 50.0 Å². The van der Waals surface area contributed by atoms with Crippen LogP contribution in [0.2, 0.25) is 0 Å². The molecule has 2 heterocycles. The van der Waals surface area contributed by atoms with Gasteiger partial charge in [0.25, 0.3) is 0 Å². The molecule has 3 aromatic rings. The average molecular weight is 348 g/mol. The lowest BCUT2D eigenvalue weighted by Gasteiger charge is -2.31. The Morgan fingerprint density at radius 2 is 1.88 bits per heavy atom. The van der Waals surface area contributed by atoms with Crippen molar-refractivity contribution in [1.29, 1.82) is 0 Å². The van der Waals surface area contributed by atoms with Gasteiger partial charge in [-0.25, -0.2) is 4.39 Å². The molecule has 1 aromatic heterocycles. The number of halogens is 1. The van der Waals surface area contributed by atoms with Gasteiger partial charge in [0.1, 0.15) is 5.82 Å². The fourth-order valence-electron chi connectivity index (χ4n) is 4.10. The van der Waals surface area contributed by atoms with Gasteiger partial charge in [-0.2, -0.15) is 0 Å². The fourth-order valence-corrected chi connectivity index (χ4v) is 4.10. The quantitative estimate of drug-likeness (QED) is 0.527. The second-order valence-electron chi connectivity index (χ2n) is 7.37. The molecule has 0 bridgehead atoms. The van der Waals surface area contributed by atoms with Gasteiger partial charge in [0.15, 0.2) is 5.58 Å². The number of piperidine rings is 1. The fraction of sp³-hybridized carbons (Fsp3) is 0.318. The zero-order valence-corrected chi connectivity index (χ0v) is 14.6. The molecule has 2 aromatic carbocycles. The van der Waals surface area contributed by atoms with Crippen molar-refractivity contribution in [2.45, 2.75) is 25.2 Å². The Hall–Kier alpha value is -2.46. The third-order valence-corrected chi connectivity index (χ3v) is 5.75. The van der Waals surface area contributed by atoms with E-state index < -0.39 is 0 Å². The summed E-state index contributed by atoms with van der Waals surface area (Å²) < 4.78 is 18.6. The highest BCUT2D eigenvalue weighted by Gasteiger charge is 2.25. The minimum Gasteiger partial charge on any atom is -0.356 e. The Kier molecular flexibility index (Phi) is 3.86. The number of hydrogen-bond donors (Lipinski definition) is 0. The van der Waals surface area contributed by atoms with Crippen LogP contribution in [-0.2, 0) is 6.42 Å². The molecule has 2 aliphatic rings. The van der Waals surface area contributed by atoms with Gasteiger partial charge in [0.05, 0.1) is 5.69 Å². The van der Waals surface area contributed by atoms with Crippen LogP contribution < -0.4 is 0 Å². The topological polar surface area (TPSA) is 29.3 Å². The highest BCUT2D eigenvalue weighted by molar-refractivity contribution is 5.85. The van der Waals surface area contributed by atoms with E-state index in [-0.39, 0.29) is 5.82 Å². The average Bonchev–Trinajstić information content (AvgIpc) is 3.05. The minimum absolute atomic E-state index is 0.277. The Morgan fingerprint density at radius 1 is 1.04 bits per heavy atom. The normalized spacial score (nSPS) is 17.4. The van der Waals surface area contributed by atoms with Gasteiger partial charge in [-0.1, -0.05) is 35.5 Å². The van der Waals surface area contributed by atoms with Crippen LogP contribution >= 0.6 is 0 Å². The molecule has 0 N–H and O–H groups in total. The molecule has 1 saturated heterocycles. The summed E-state index contributed by atoms with van der Waals surface area (Å²) >= 11 is 0. The monoisotopic (exact) mass is 348 g/mol. The van der Waals surface area contributed by atoms with E-state index in [0.29, 0.717) is 11.5 Å². The smallest absolute Gasteiger partial charge is 0.170 e. The molecule has 0 amide bonds. The van der Waals surface area contributed by atoms with Crippen molar-refractivity contribution in [2.24, 2.45) is 0 Å². The number of fused-ring (bicyclic) bond motifs is 2. The number of nitrogens with zero attached hydrogens (tertiary/aromatic N) is 2. The third kappa shape index (κ3) is 2.84. The molecule has 1 fully saturated rings. The van der Waals surface area contributed by atoms with E-state index in [1.165, 1.54) is 28.8 Å². The van der Waals surface area contributed by atoms with Crippen LogP contribution in [0.4, 0.5) is 4.39 Å². The zero-order chi connectivity index (χ0) is 17.5. The first-order chi connectivity index (χ1) is 12.8. The number of likely N-dealkylation sites (tertiary alicyclic amines) is 1. The highest BCUT2D eigenvalue weighted by Crippen LogP contribution is 2.33. The minimum atomic E-state index is -0.277. The molecule has 1 aliphatic heterocycles. The molecule has 0 unspecified atom stereocenters. The molecule has 1 aliphatic carbocycles. The molecule has 0 spiro atoms. The maximum atomic E-state index is 13.3. The van der Waals surface area contributed by atoms with E-state index >= 15 is 0 Å². The van der Waals surface area contributed by atoms with Gasteiger partial charge < -0.3 is 9.42 Å². The summed E-state index contributed by atoms with van der Waals surface area (Å²) in [4.78, 5) is 2.54. The molecule has 4 heteroatoms. The van der Waals surface area contributed by atoms with Crippen molar-refractivity contribution in [3.63, 3.8) is 0 Å². The number of hydrogen-bond acceptors (Lipinski definition) is 3. The maximum absolute atomic E-state index is 13.3. The Bertz CT molecular complexity index is 983. The Labute approximate surface area is 152 Å². The van der Waals surface area contributed by atoms with Crippen molar-refractivity contribution >= 4 is 23.1 Å². The first kappa shape index (κ1) is 15.8. The van der Waals surface area contributed by atoms with Crippen molar-refractivity contribution in [3.05, 3.63) is 64.6 Å². The predicted octanol–water partition coefficient (Wildman–Crippen LogP) is 4.87. The molecule has 132 valence electrons. The molecule has 5 rings (SSSR count). The Balaban J connectivity index is 1.20. The van der Waals surface area contributed by atoms with Gasteiger partial charge in [-0.15, -0.1) is 0 Å². The lowest BCUT2D eigenvalue weighted by molar-refractivity contribution is 0.211. The number of benzene rings is 2. The SMILES string of the molecule is Fc1ccc2c(C3CCN(CCc4ccc5c(c4)C=C5)CC3)noc2c1. The van der Waals surface area contributed by atoms with E-state index in [4.69, 9.17) is 4.52 Å². The summed E-state index contributed by atoms with van der Waals surface area (Å²) in [7, 11) is 0. The predicted molar refractivity (Wildman–Crippen MR) is 101 cm³/mol. The molecule has 3 nitrogen and oxygen atoms in total. The Morgan fingerprint density at radius 3 is 2.65 bits per heavy atom. The van der Waals surface area contributed by atoms with Crippen LogP contribution in [-0.4, -0.2) is 29.7 Å². The van der Waals surface area contributed by atoms with Crippen LogP contribution in [0.15, 0.2) is 40.9 Å². The van der Waals surface area contributed by atoms with Crippen LogP contribution in [0.3, 0.4) is 0 Å². The van der Waals surface area contributed by atoms with E-state index in [1.807, 2.05) is 0 Å². The van der Waals surface area contributed by atoms with Crippen LogP contribution in [0.25, 0.3) is 23.1 Å². The zero-order valence-electron chi connectivity index (χ0n) is 14.6. The van der Waals surface area contributed by atoms with Crippen LogP contribution in [0.1, 0.15) is 41.1 Å². The molecular weight excluding hydrogens is 327 g/mol. The van der Waals surface area contributed by atoms with Gasteiger partial charge in [0, 0.05) is 23.9 Å². The summed E-state index contributed by atoms with van der Waals surface area (Å²) in [6.45, 7) is 3.25. The van der Waals surface area contributed by atoms with Crippen molar-refractivity contribution in [2.75, 3.05) is 19.6 Å². The number of rotatable bonds is 4. The van der Waals surface area contributed by atoms with Crippen molar-refractivity contribution < 1.29 is 8.91 Å². The molecular formula is C22H21FN2O. The first-order valence-corrected chi connectivity index (χ1v) is 9.34. The third-order valence-electron chi connectivity index (χ3n) is 5.75. The molecule has 0 saturated carbocycles. The van der Waals surface area contributed by atoms with Crippen LogP contribution in [0.5, 0.6) is 0 Å².